The van der Waals surface area contributed by atoms with Gasteiger partial charge in [0, 0.05) is 25.6 Å². The molecule has 2 unspecified atom stereocenters. The normalized spacial score (nSPS) is 21.3. The zero-order valence-electron chi connectivity index (χ0n) is 18.7. The van der Waals surface area contributed by atoms with Crippen molar-refractivity contribution in [3.05, 3.63) is 83.4 Å². The predicted molar refractivity (Wildman–Crippen MR) is 131 cm³/mol. The van der Waals surface area contributed by atoms with Crippen LogP contribution >= 0.6 is 11.6 Å². The van der Waals surface area contributed by atoms with Crippen molar-refractivity contribution in [1.29, 1.82) is 0 Å². The number of nitrogens with zero attached hydrogens (tertiary/aromatic N) is 3. The number of benzene rings is 3. The molecule has 0 aromatic heterocycles. The number of para-hydroxylation sites is 4. The Bertz CT molecular complexity index is 1240. The van der Waals surface area contributed by atoms with Crippen LogP contribution in [0.15, 0.2) is 77.8 Å². The Kier molecular flexibility index (Phi) is 5.35. The number of β-lactam (4-membered cyclic amide) rings is 1. The number of halogens is 1. The van der Waals surface area contributed by atoms with Gasteiger partial charge in [0.25, 0.3) is 5.91 Å². The van der Waals surface area contributed by atoms with E-state index in [1.165, 1.54) is 0 Å². The molecule has 6 nitrogen and oxygen atoms in total. The number of amides is 1. The molecule has 0 saturated carbocycles. The minimum absolute atomic E-state index is 0.0868. The fourth-order valence-electron chi connectivity index (χ4n) is 4.90. The fraction of sp³-hybridized carbons (Fsp3) is 0.231. The summed E-state index contributed by atoms with van der Waals surface area (Å²) >= 11 is 6.20. The van der Waals surface area contributed by atoms with Crippen molar-refractivity contribution in [2.75, 3.05) is 31.1 Å². The SMILES string of the molecule is COc1ccccc1N(C)C1=Nc2ccccc2N2C(=O)C(OC)C2(c2ccc(Cl)cc2)C1. The quantitative estimate of drug-likeness (QED) is 0.502. The lowest BCUT2D eigenvalue weighted by atomic mass is 9.71. The topological polar surface area (TPSA) is 54.4 Å². The van der Waals surface area contributed by atoms with E-state index in [1.54, 1.807) is 14.2 Å². The molecule has 0 aliphatic carbocycles. The summed E-state index contributed by atoms with van der Waals surface area (Å²) in [5.74, 6) is 1.45. The minimum Gasteiger partial charge on any atom is -0.495 e. The zero-order valence-corrected chi connectivity index (χ0v) is 19.4. The predicted octanol–water partition coefficient (Wildman–Crippen LogP) is 5.18. The zero-order chi connectivity index (χ0) is 23.2. The lowest BCUT2D eigenvalue weighted by Crippen LogP contribution is -2.74. The van der Waals surface area contributed by atoms with Gasteiger partial charge in [-0.15, -0.1) is 0 Å². The number of rotatable bonds is 4. The second-order valence-electron chi connectivity index (χ2n) is 8.14. The van der Waals surface area contributed by atoms with Gasteiger partial charge in [-0.2, -0.15) is 0 Å². The Balaban J connectivity index is 1.72. The molecule has 2 aliphatic rings. The molecular formula is C26H24ClN3O3. The maximum Gasteiger partial charge on any atom is 0.259 e. The molecule has 1 fully saturated rings. The third kappa shape index (κ3) is 3.21. The second kappa shape index (κ2) is 8.21. The van der Waals surface area contributed by atoms with Crippen LogP contribution in [0.2, 0.25) is 5.02 Å². The highest BCUT2D eigenvalue weighted by atomic mass is 35.5. The number of methoxy groups -OCH3 is 2. The third-order valence-corrected chi connectivity index (χ3v) is 6.74. The Morgan fingerprint density at radius 2 is 1.73 bits per heavy atom. The van der Waals surface area contributed by atoms with Crippen LogP contribution in [0.3, 0.4) is 0 Å². The van der Waals surface area contributed by atoms with E-state index in [1.807, 2.05) is 89.6 Å². The maximum absolute atomic E-state index is 13.3. The molecule has 7 heteroatoms. The lowest BCUT2D eigenvalue weighted by molar-refractivity contribution is -0.147. The molecule has 5 rings (SSSR count). The van der Waals surface area contributed by atoms with Crippen LogP contribution in [0.25, 0.3) is 0 Å². The Labute approximate surface area is 198 Å². The summed E-state index contributed by atoms with van der Waals surface area (Å²) in [5.41, 5.74) is 2.55. The molecule has 3 aromatic carbocycles. The number of carbonyl (C=O) groups excluding carboxylic acids is 1. The monoisotopic (exact) mass is 461 g/mol. The van der Waals surface area contributed by atoms with Gasteiger partial charge in [-0.25, -0.2) is 4.99 Å². The van der Waals surface area contributed by atoms with Gasteiger partial charge in [0.15, 0.2) is 6.10 Å². The average molecular weight is 462 g/mol. The van der Waals surface area contributed by atoms with Crippen LogP contribution in [0, 0.1) is 0 Å². The molecule has 0 bridgehead atoms. The highest BCUT2D eigenvalue weighted by molar-refractivity contribution is 6.30. The smallest absolute Gasteiger partial charge is 0.259 e. The summed E-state index contributed by atoms with van der Waals surface area (Å²) in [6, 6.07) is 23.1. The first-order valence-corrected chi connectivity index (χ1v) is 11.1. The van der Waals surface area contributed by atoms with Crippen LogP contribution in [-0.4, -0.2) is 39.1 Å². The number of hydrogen-bond acceptors (Lipinski definition) is 5. The highest BCUT2D eigenvalue weighted by Crippen LogP contribution is 2.53. The molecule has 0 radical (unpaired) electrons. The van der Waals surface area contributed by atoms with Gasteiger partial charge in [0.05, 0.1) is 24.2 Å². The summed E-state index contributed by atoms with van der Waals surface area (Å²) in [7, 11) is 5.20. The molecule has 1 amide bonds. The molecule has 2 atom stereocenters. The molecule has 2 aliphatic heterocycles. The summed E-state index contributed by atoms with van der Waals surface area (Å²) < 4.78 is 11.4. The largest absolute Gasteiger partial charge is 0.495 e. The van der Waals surface area contributed by atoms with Crippen molar-refractivity contribution in [2.24, 2.45) is 4.99 Å². The van der Waals surface area contributed by atoms with E-state index < -0.39 is 11.6 Å². The van der Waals surface area contributed by atoms with Crippen molar-refractivity contribution in [2.45, 2.75) is 18.1 Å². The van der Waals surface area contributed by atoms with E-state index in [-0.39, 0.29) is 5.91 Å². The molecule has 3 aromatic rings. The number of ether oxygens (including phenoxy) is 2. The molecule has 1 saturated heterocycles. The van der Waals surface area contributed by atoms with Gasteiger partial charge in [0.2, 0.25) is 0 Å². The minimum atomic E-state index is -0.766. The number of hydrogen-bond donors (Lipinski definition) is 0. The summed E-state index contributed by atoms with van der Waals surface area (Å²) in [6.07, 6.45) is -0.205. The number of amidine groups is 1. The van der Waals surface area contributed by atoms with E-state index in [0.717, 1.165) is 34.2 Å². The standard InChI is InChI=1S/C26H24ClN3O3/c1-29(21-10-6-7-11-22(21)32-2)23-16-26(17-12-14-18(27)15-13-17)24(33-3)25(31)30(26)20-9-5-4-8-19(20)28-23/h4-15,24H,16H2,1-3H3. The van der Waals surface area contributed by atoms with Crippen LogP contribution < -0.4 is 14.5 Å². The van der Waals surface area contributed by atoms with E-state index in [2.05, 4.69) is 0 Å². The molecule has 168 valence electrons. The Morgan fingerprint density at radius 1 is 1.03 bits per heavy atom. The fourth-order valence-corrected chi connectivity index (χ4v) is 5.02. The molecular weight excluding hydrogens is 438 g/mol. The van der Waals surface area contributed by atoms with Gasteiger partial charge in [-0.3, -0.25) is 9.69 Å². The van der Waals surface area contributed by atoms with Gasteiger partial charge in [0.1, 0.15) is 17.1 Å². The Morgan fingerprint density at radius 3 is 2.45 bits per heavy atom. The van der Waals surface area contributed by atoms with Crippen molar-refractivity contribution < 1.29 is 14.3 Å². The molecule has 2 heterocycles. The van der Waals surface area contributed by atoms with Crippen molar-refractivity contribution >= 4 is 40.4 Å². The molecule has 0 spiro atoms. The first-order chi connectivity index (χ1) is 16.0. The van der Waals surface area contributed by atoms with Gasteiger partial charge < -0.3 is 14.4 Å². The number of carbonyl (C=O) groups is 1. The number of aliphatic imine (C=N–C) groups is 1. The molecule has 33 heavy (non-hydrogen) atoms. The first-order valence-electron chi connectivity index (χ1n) is 10.7. The van der Waals surface area contributed by atoms with Crippen molar-refractivity contribution in [3.8, 4) is 5.75 Å². The summed E-state index contributed by atoms with van der Waals surface area (Å²) in [6.45, 7) is 0. The van der Waals surface area contributed by atoms with Crippen LogP contribution in [-0.2, 0) is 15.1 Å². The average Bonchev–Trinajstić information content (AvgIpc) is 2.97. The Hall–Kier alpha value is -3.35. The molecule has 0 N–H and O–H groups in total. The van der Waals surface area contributed by atoms with E-state index in [4.69, 9.17) is 26.1 Å². The van der Waals surface area contributed by atoms with Crippen molar-refractivity contribution in [3.63, 3.8) is 0 Å². The second-order valence-corrected chi connectivity index (χ2v) is 8.58. The number of fused-ring (bicyclic) bond motifs is 3. The van der Waals surface area contributed by atoms with Crippen LogP contribution in [0.5, 0.6) is 5.75 Å². The van der Waals surface area contributed by atoms with Gasteiger partial charge >= 0.3 is 0 Å². The maximum atomic E-state index is 13.3. The highest BCUT2D eigenvalue weighted by Gasteiger charge is 2.64. The van der Waals surface area contributed by atoms with E-state index in [9.17, 15) is 4.79 Å². The number of anilines is 2. The summed E-state index contributed by atoms with van der Waals surface area (Å²) in [5, 5.41) is 0.635. The van der Waals surface area contributed by atoms with Crippen LogP contribution in [0.4, 0.5) is 17.1 Å². The van der Waals surface area contributed by atoms with Crippen molar-refractivity contribution in [1.82, 2.24) is 0 Å². The summed E-state index contributed by atoms with van der Waals surface area (Å²) in [4.78, 5) is 22.2. The lowest BCUT2D eigenvalue weighted by Gasteiger charge is -2.56. The van der Waals surface area contributed by atoms with Gasteiger partial charge in [-0.05, 0) is 42.0 Å². The first kappa shape index (κ1) is 21.5. The van der Waals surface area contributed by atoms with Gasteiger partial charge in [-0.1, -0.05) is 48.0 Å². The van der Waals surface area contributed by atoms with E-state index >= 15 is 0 Å². The third-order valence-electron chi connectivity index (χ3n) is 6.49. The van der Waals surface area contributed by atoms with Crippen LogP contribution in [0.1, 0.15) is 12.0 Å². The van der Waals surface area contributed by atoms with E-state index in [0.29, 0.717) is 11.4 Å².